The van der Waals surface area contributed by atoms with Crippen molar-refractivity contribution >= 4 is 28.6 Å². The highest BCUT2D eigenvalue weighted by atomic mass is 16.5. The maximum atomic E-state index is 13.6. The minimum atomic E-state index is -0.332. The zero-order valence-electron chi connectivity index (χ0n) is 23.8. The Balaban J connectivity index is 1.44. The molecule has 4 atom stereocenters. The van der Waals surface area contributed by atoms with Gasteiger partial charge in [-0.2, -0.15) is 0 Å². The number of fused-ring (bicyclic) bond motifs is 1. The van der Waals surface area contributed by atoms with Crippen molar-refractivity contribution in [2.24, 2.45) is 17.8 Å². The number of carbonyl (C=O) groups excluding carboxylic acids is 2. The van der Waals surface area contributed by atoms with Crippen molar-refractivity contribution in [3.05, 3.63) is 72.8 Å². The molecule has 2 aromatic carbocycles. The van der Waals surface area contributed by atoms with Gasteiger partial charge in [0.15, 0.2) is 11.5 Å². The lowest BCUT2D eigenvalue weighted by Gasteiger charge is -2.31. The van der Waals surface area contributed by atoms with E-state index in [-0.39, 0.29) is 36.4 Å². The molecule has 2 heterocycles. The Morgan fingerprint density at radius 3 is 2.41 bits per heavy atom. The predicted molar refractivity (Wildman–Crippen MR) is 159 cm³/mol. The highest BCUT2D eigenvalue weighted by Gasteiger charge is 2.40. The zero-order chi connectivity index (χ0) is 28.9. The zero-order valence-corrected chi connectivity index (χ0v) is 23.8. The van der Waals surface area contributed by atoms with Crippen molar-refractivity contribution in [1.29, 1.82) is 0 Å². The molecule has 1 aromatic heterocycles. The molecule has 0 saturated carbocycles. The largest absolute Gasteiger partial charge is 0.493 e. The predicted octanol–water partition coefficient (Wildman–Crippen LogP) is 4.89. The number of anilines is 1. The van der Waals surface area contributed by atoms with Crippen molar-refractivity contribution in [2.45, 2.75) is 13.0 Å². The molecule has 0 radical (unpaired) electrons. The number of esters is 1. The quantitative estimate of drug-likeness (QED) is 0.381. The first kappa shape index (κ1) is 28.2. The molecule has 2 amide bonds. The number of carbonyl (C=O) groups is 2. The van der Waals surface area contributed by atoms with E-state index in [0.717, 1.165) is 10.9 Å². The molecule has 1 aliphatic carbocycles. The second kappa shape index (κ2) is 12.4. The third-order valence-electron chi connectivity index (χ3n) is 7.91. The second-order valence-electron chi connectivity index (χ2n) is 10.5. The lowest BCUT2D eigenvalue weighted by Crippen LogP contribution is -2.45. The van der Waals surface area contributed by atoms with Gasteiger partial charge in [0.2, 0.25) is 0 Å². The van der Waals surface area contributed by atoms with E-state index in [2.05, 4.69) is 41.9 Å². The number of ether oxygens (including phenoxy) is 3. The van der Waals surface area contributed by atoms with Crippen LogP contribution in [0, 0.1) is 17.8 Å². The van der Waals surface area contributed by atoms with E-state index >= 15 is 0 Å². The van der Waals surface area contributed by atoms with Crippen molar-refractivity contribution in [1.82, 2.24) is 15.2 Å². The van der Waals surface area contributed by atoms with Gasteiger partial charge in [-0.3, -0.25) is 9.69 Å². The average molecular weight is 557 g/mol. The van der Waals surface area contributed by atoms with Crippen molar-refractivity contribution in [3.8, 4) is 22.8 Å². The molecule has 2 unspecified atom stereocenters. The van der Waals surface area contributed by atoms with Crippen LogP contribution in [-0.4, -0.2) is 68.9 Å². The first-order valence-electron chi connectivity index (χ1n) is 13.7. The lowest BCUT2D eigenvalue weighted by molar-refractivity contribution is -0.141. The molecular formula is C32H36N4O5. The number of nitrogens with one attached hydrogen (secondary N) is 2. The molecule has 1 fully saturated rings. The van der Waals surface area contributed by atoms with Crippen molar-refractivity contribution in [2.75, 3.05) is 46.3 Å². The second-order valence-corrected chi connectivity index (χ2v) is 10.5. The van der Waals surface area contributed by atoms with Crippen LogP contribution in [-0.2, 0) is 9.53 Å². The molecule has 1 saturated heterocycles. The molecule has 0 spiro atoms. The van der Waals surface area contributed by atoms with Gasteiger partial charge in [0, 0.05) is 36.1 Å². The van der Waals surface area contributed by atoms with Crippen LogP contribution in [0.15, 0.2) is 72.8 Å². The molecule has 1 aliphatic heterocycles. The molecule has 2 aliphatic rings. The molecule has 41 heavy (non-hydrogen) atoms. The summed E-state index contributed by atoms with van der Waals surface area (Å²) in [5.74, 6) is 1.54. The van der Waals surface area contributed by atoms with Gasteiger partial charge in [0.25, 0.3) is 0 Å². The summed E-state index contributed by atoms with van der Waals surface area (Å²) in [7, 11) is 4.57. The number of pyridine rings is 1. The number of urea groups is 1. The number of hydrogen-bond acceptors (Lipinski definition) is 7. The van der Waals surface area contributed by atoms with Crippen LogP contribution in [0.25, 0.3) is 22.2 Å². The summed E-state index contributed by atoms with van der Waals surface area (Å²) in [6, 6.07) is 14.8. The summed E-state index contributed by atoms with van der Waals surface area (Å²) in [5.41, 5.74) is 2.80. The first-order chi connectivity index (χ1) is 19.9. The van der Waals surface area contributed by atoms with E-state index in [1.807, 2.05) is 53.4 Å². The Labute approximate surface area is 240 Å². The van der Waals surface area contributed by atoms with Gasteiger partial charge in [0.05, 0.1) is 44.8 Å². The van der Waals surface area contributed by atoms with Crippen LogP contribution in [0.2, 0.25) is 0 Å². The smallest absolute Gasteiger partial charge is 0.319 e. The fourth-order valence-electron chi connectivity index (χ4n) is 5.84. The van der Waals surface area contributed by atoms with E-state index in [9.17, 15) is 9.59 Å². The van der Waals surface area contributed by atoms with E-state index in [1.165, 1.54) is 7.11 Å². The topological polar surface area (TPSA) is 102 Å². The summed E-state index contributed by atoms with van der Waals surface area (Å²) in [6.07, 6.45) is 8.49. The van der Waals surface area contributed by atoms with Gasteiger partial charge < -0.3 is 24.8 Å². The fourth-order valence-corrected chi connectivity index (χ4v) is 5.84. The number of aromatic nitrogens is 1. The number of hydrogen-bond donors (Lipinski definition) is 2. The van der Waals surface area contributed by atoms with Crippen LogP contribution in [0.4, 0.5) is 10.5 Å². The normalized spacial score (nSPS) is 22.0. The van der Waals surface area contributed by atoms with Crippen LogP contribution in [0.1, 0.15) is 6.92 Å². The number of likely N-dealkylation sites (tertiary alicyclic amines) is 1. The third kappa shape index (κ3) is 6.20. The maximum Gasteiger partial charge on any atom is 0.319 e. The molecule has 3 aromatic rings. The molecule has 0 bridgehead atoms. The third-order valence-corrected chi connectivity index (χ3v) is 7.91. The van der Waals surface area contributed by atoms with E-state index in [1.54, 1.807) is 14.2 Å². The Morgan fingerprint density at radius 1 is 0.976 bits per heavy atom. The Hall–Kier alpha value is -4.37. The monoisotopic (exact) mass is 556 g/mol. The average Bonchev–Trinajstić information content (AvgIpc) is 3.37. The SMILES string of the molecule is COC(=O)CN1C[C@@H](NC(=O)Nc2cc3cc(OC)c(OC)cc3nc2-c2ccccc2)[C@H](C2C=CC=CC2C)C1. The van der Waals surface area contributed by atoms with E-state index < -0.39 is 0 Å². The first-order valence-corrected chi connectivity index (χ1v) is 13.7. The Morgan fingerprint density at radius 2 is 1.71 bits per heavy atom. The number of nitrogens with zero attached hydrogens (tertiary/aromatic N) is 2. The molecule has 9 nitrogen and oxygen atoms in total. The van der Waals surface area contributed by atoms with Crippen molar-refractivity contribution < 1.29 is 23.8 Å². The van der Waals surface area contributed by atoms with Gasteiger partial charge >= 0.3 is 12.0 Å². The molecule has 9 heteroatoms. The molecular weight excluding hydrogens is 520 g/mol. The van der Waals surface area contributed by atoms with Gasteiger partial charge in [-0.15, -0.1) is 0 Å². The van der Waals surface area contributed by atoms with E-state index in [4.69, 9.17) is 19.2 Å². The summed E-state index contributed by atoms with van der Waals surface area (Å²) >= 11 is 0. The number of rotatable bonds is 8. The van der Waals surface area contributed by atoms with Gasteiger partial charge in [-0.1, -0.05) is 61.6 Å². The number of methoxy groups -OCH3 is 3. The standard InChI is InChI=1S/C32H36N4O5/c1-20-10-8-9-13-23(20)24-17-36(19-30(37)41-4)18-27(24)35-32(38)34-26-14-22-15-28(39-2)29(40-3)16-25(22)33-31(26)21-11-6-5-7-12-21/h5-16,20,23-24,27H,17-19H2,1-4H3,(H2,34,35,38)/t20?,23?,24-,27+/m0/s1. The maximum absolute atomic E-state index is 13.6. The van der Waals surface area contributed by atoms with Gasteiger partial charge in [-0.05, 0) is 29.9 Å². The highest BCUT2D eigenvalue weighted by Crippen LogP contribution is 2.37. The number of allylic oxidation sites excluding steroid dienone is 4. The Kier molecular flexibility index (Phi) is 8.54. The minimum absolute atomic E-state index is 0.127. The van der Waals surface area contributed by atoms with Crippen molar-refractivity contribution in [3.63, 3.8) is 0 Å². The fraction of sp³-hybridized carbons (Fsp3) is 0.344. The summed E-state index contributed by atoms with van der Waals surface area (Å²) in [4.78, 5) is 32.6. The Bertz CT molecular complexity index is 1470. The van der Waals surface area contributed by atoms with Crippen LogP contribution in [0.5, 0.6) is 11.5 Å². The van der Waals surface area contributed by atoms with Crippen LogP contribution < -0.4 is 20.1 Å². The van der Waals surface area contributed by atoms with E-state index in [0.29, 0.717) is 47.4 Å². The summed E-state index contributed by atoms with van der Waals surface area (Å²) < 4.78 is 15.9. The summed E-state index contributed by atoms with van der Waals surface area (Å²) in [5, 5.41) is 7.08. The molecule has 214 valence electrons. The van der Waals surface area contributed by atoms with Crippen LogP contribution in [0.3, 0.4) is 0 Å². The van der Waals surface area contributed by atoms with Crippen LogP contribution >= 0.6 is 0 Å². The van der Waals surface area contributed by atoms with Gasteiger partial charge in [0.1, 0.15) is 0 Å². The van der Waals surface area contributed by atoms with Gasteiger partial charge in [-0.25, -0.2) is 9.78 Å². The molecule has 5 rings (SSSR count). The highest BCUT2D eigenvalue weighted by molar-refractivity contribution is 5.98. The summed E-state index contributed by atoms with van der Waals surface area (Å²) in [6.45, 7) is 3.60. The number of amides is 2. The molecule has 2 N–H and O–H groups in total. The minimum Gasteiger partial charge on any atom is -0.493 e. The number of benzene rings is 2. The lowest BCUT2D eigenvalue weighted by atomic mass is 9.77.